The second kappa shape index (κ2) is 10.7. The number of carboxylic acids is 1. The average molecular weight is 423 g/mol. The van der Waals surface area contributed by atoms with E-state index < -0.39 is 54.0 Å². The summed E-state index contributed by atoms with van der Waals surface area (Å²) in [6.45, 7) is 1.52. The summed E-state index contributed by atoms with van der Waals surface area (Å²) in [5.41, 5.74) is 5.58. The van der Waals surface area contributed by atoms with E-state index in [-0.39, 0.29) is 18.1 Å². The molecule has 1 saturated heterocycles. The average Bonchev–Trinajstić information content (AvgIpc) is 3.11. The molecule has 0 aliphatic carbocycles. The highest BCUT2D eigenvalue weighted by molar-refractivity contribution is 7.80. The monoisotopic (exact) mass is 422 g/mol. The fourth-order valence-corrected chi connectivity index (χ4v) is 3.10. The van der Waals surface area contributed by atoms with Crippen molar-refractivity contribution in [1.82, 2.24) is 15.5 Å². The molecule has 12 heteroatoms. The topological polar surface area (TPSA) is 162 Å². The van der Waals surface area contributed by atoms with Crippen LogP contribution in [0.1, 0.15) is 19.8 Å². The summed E-state index contributed by atoms with van der Waals surface area (Å²) < 4.78 is 0. The molecule has 1 heterocycles. The lowest BCUT2D eigenvalue weighted by Crippen LogP contribution is -2.58. The summed E-state index contributed by atoms with van der Waals surface area (Å²) >= 11 is 8.01. The van der Waals surface area contributed by atoms with Gasteiger partial charge in [-0.05, 0) is 19.8 Å². The molecule has 0 spiro atoms. The molecule has 1 rings (SSSR count). The number of carbonyl (C=O) groups excluding carboxylic acids is 3. The molecule has 5 unspecified atom stereocenters. The highest BCUT2D eigenvalue weighted by Crippen LogP contribution is 2.19. The Morgan fingerprint density at radius 3 is 2.33 bits per heavy atom. The highest BCUT2D eigenvalue weighted by atomic mass is 32.1. The maximum Gasteiger partial charge on any atom is 0.328 e. The van der Waals surface area contributed by atoms with Crippen LogP contribution in [0.5, 0.6) is 0 Å². The molecule has 0 aromatic heterocycles. The van der Waals surface area contributed by atoms with Gasteiger partial charge in [0.15, 0.2) is 6.04 Å². The number of aliphatic carboxylic acids is 1. The summed E-state index contributed by atoms with van der Waals surface area (Å²) in [4.78, 5) is 49.5. The van der Waals surface area contributed by atoms with Gasteiger partial charge in [0.2, 0.25) is 17.7 Å². The Labute approximate surface area is 168 Å². The number of amides is 3. The number of hydrogen-bond donors (Lipinski definition) is 7. The predicted molar refractivity (Wildman–Crippen MR) is 104 cm³/mol. The van der Waals surface area contributed by atoms with Crippen molar-refractivity contribution in [1.29, 1.82) is 0 Å². The van der Waals surface area contributed by atoms with E-state index in [0.717, 1.165) is 0 Å². The molecule has 154 valence electrons. The van der Waals surface area contributed by atoms with Gasteiger partial charge in [-0.15, -0.1) is 0 Å². The maximum atomic E-state index is 12.7. The van der Waals surface area contributed by atoms with Crippen molar-refractivity contribution in [3.05, 3.63) is 0 Å². The zero-order chi connectivity index (χ0) is 20.7. The molecule has 0 saturated carbocycles. The molecule has 1 aliphatic heterocycles. The van der Waals surface area contributed by atoms with Crippen LogP contribution in [0.4, 0.5) is 0 Å². The smallest absolute Gasteiger partial charge is 0.328 e. The van der Waals surface area contributed by atoms with Crippen LogP contribution in [0.15, 0.2) is 0 Å². The molecule has 0 aromatic rings. The predicted octanol–water partition coefficient (Wildman–Crippen LogP) is -2.40. The number of carbonyl (C=O) groups is 4. The number of nitrogens with zero attached hydrogens (tertiary/aromatic N) is 1. The van der Waals surface area contributed by atoms with Gasteiger partial charge in [-0.2, -0.15) is 25.3 Å². The van der Waals surface area contributed by atoms with Gasteiger partial charge in [0, 0.05) is 18.1 Å². The van der Waals surface area contributed by atoms with Gasteiger partial charge in [0.1, 0.15) is 12.1 Å². The van der Waals surface area contributed by atoms with Crippen LogP contribution in [0, 0.1) is 0 Å². The Morgan fingerprint density at radius 1 is 1.22 bits per heavy atom. The molecule has 10 nitrogen and oxygen atoms in total. The van der Waals surface area contributed by atoms with Crippen molar-refractivity contribution in [2.75, 3.05) is 18.1 Å². The molecule has 27 heavy (non-hydrogen) atoms. The van der Waals surface area contributed by atoms with Crippen molar-refractivity contribution in [3.8, 4) is 0 Å². The van der Waals surface area contributed by atoms with Crippen LogP contribution < -0.4 is 16.4 Å². The van der Waals surface area contributed by atoms with Crippen molar-refractivity contribution in [2.45, 2.75) is 50.0 Å². The van der Waals surface area contributed by atoms with E-state index in [1.807, 2.05) is 0 Å². The largest absolute Gasteiger partial charge is 0.480 e. The zero-order valence-electron chi connectivity index (χ0n) is 14.9. The Morgan fingerprint density at radius 2 is 1.85 bits per heavy atom. The quantitative estimate of drug-likeness (QED) is 0.204. The fourth-order valence-electron chi connectivity index (χ4n) is 2.69. The molecular formula is C15H26N4O6S2. The van der Waals surface area contributed by atoms with Crippen LogP contribution in [-0.4, -0.2) is 87.1 Å². The summed E-state index contributed by atoms with van der Waals surface area (Å²) in [6, 6.07) is -4.24. The number of rotatable bonds is 9. The normalized spacial score (nSPS) is 21.1. The Bertz CT molecular complexity index is 577. The molecule has 0 radical (unpaired) electrons. The van der Waals surface area contributed by atoms with E-state index in [2.05, 4.69) is 35.9 Å². The summed E-state index contributed by atoms with van der Waals surface area (Å²) in [7, 11) is 0. The lowest BCUT2D eigenvalue weighted by molar-refractivity contribution is -0.147. The van der Waals surface area contributed by atoms with Crippen molar-refractivity contribution in [3.63, 3.8) is 0 Å². The number of hydrogen-bond acceptors (Lipinski definition) is 8. The lowest BCUT2D eigenvalue weighted by Gasteiger charge is -2.29. The summed E-state index contributed by atoms with van der Waals surface area (Å²) in [5.74, 6) is -3.02. The number of aliphatic hydroxyl groups is 1. The van der Waals surface area contributed by atoms with Gasteiger partial charge in [0.25, 0.3) is 0 Å². The standard InChI is InChI=1S/C15H26N4O6S2/c1-7(20)11(15(24)25)18-13(22)10-3-2-4-19(10)14(23)9(6-27)17-12(21)8(16)5-26/h7-11,20,26-27H,2-6,16H2,1H3,(H,17,21)(H,18,22)(H,24,25). The number of aliphatic hydroxyl groups excluding tert-OH is 1. The maximum absolute atomic E-state index is 12.7. The van der Waals surface area contributed by atoms with Crippen LogP contribution >= 0.6 is 25.3 Å². The van der Waals surface area contributed by atoms with Crippen LogP contribution in [0.25, 0.3) is 0 Å². The van der Waals surface area contributed by atoms with Gasteiger partial charge in [-0.1, -0.05) is 0 Å². The highest BCUT2D eigenvalue weighted by Gasteiger charge is 2.39. The Hall–Kier alpha value is -1.50. The number of carboxylic acid groups (broad SMARTS) is 1. The van der Waals surface area contributed by atoms with E-state index in [4.69, 9.17) is 10.8 Å². The summed E-state index contributed by atoms with van der Waals surface area (Å²) in [6.07, 6.45) is -0.420. The number of likely N-dealkylation sites (tertiary alicyclic amines) is 1. The Kier molecular flexibility index (Phi) is 9.36. The molecule has 0 aromatic carbocycles. The Balaban J connectivity index is 2.84. The number of nitrogens with one attached hydrogen (secondary N) is 2. The minimum absolute atomic E-state index is 0.000128. The van der Waals surface area contributed by atoms with Gasteiger partial charge < -0.3 is 31.5 Å². The minimum Gasteiger partial charge on any atom is -0.480 e. The second-order valence-electron chi connectivity index (χ2n) is 6.29. The van der Waals surface area contributed by atoms with Gasteiger partial charge in [-0.3, -0.25) is 14.4 Å². The first-order valence-electron chi connectivity index (χ1n) is 8.43. The van der Waals surface area contributed by atoms with E-state index in [9.17, 15) is 24.3 Å². The first-order valence-corrected chi connectivity index (χ1v) is 9.69. The molecule has 6 N–H and O–H groups in total. The molecule has 0 bridgehead atoms. The zero-order valence-corrected chi connectivity index (χ0v) is 16.7. The second-order valence-corrected chi connectivity index (χ2v) is 7.02. The molecule has 1 aliphatic rings. The first-order chi connectivity index (χ1) is 12.6. The van der Waals surface area contributed by atoms with E-state index in [1.165, 1.54) is 11.8 Å². The molecule has 1 fully saturated rings. The van der Waals surface area contributed by atoms with Crippen LogP contribution in [0.2, 0.25) is 0 Å². The van der Waals surface area contributed by atoms with Gasteiger partial charge >= 0.3 is 5.97 Å². The van der Waals surface area contributed by atoms with E-state index in [1.54, 1.807) is 0 Å². The van der Waals surface area contributed by atoms with Crippen molar-refractivity contribution >= 4 is 48.9 Å². The molecular weight excluding hydrogens is 396 g/mol. The number of thiol groups is 2. The van der Waals surface area contributed by atoms with Crippen molar-refractivity contribution < 1.29 is 29.4 Å². The third-order valence-corrected chi connectivity index (χ3v) is 4.97. The molecule has 5 atom stereocenters. The van der Waals surface area contributed by atoms with Gasteiger partial charge in [0.05, 0.1) is 12.1 Å². The molecule has 3 amide bonds. The van der Waals surface area contributed by atoms with E-state index in [0.29, 0.717) is 12.8 Å². The summed E-state index contributed by atoms with van der Waals surface area (Å²) in [5, 5.41) is 23.3. The van der Waals surface area contributed by atoms with Crippen LogP contribution in [0.3, 0.4) is 0 Å². The minimum atomic E-state index is -1.48. The van der Waals surface area contributed by atoms with Gasteiger partial charge in [-0.25, -0.2) is 4.79 Å². The SMILES string of the molecule is CC(O)C(NC(=O)C1CCCN1C(=O)C(CS)NC(=O)C(N)CS)C(=O)O. The number of nitrogens with two attached hydrogens (primary N) is 1. The third-order valence-electron chi connectivity index (χ3n) is 4.22. The lowest BCUT2D eigenvalue weighted by atomic mass is 10.1. The van der Waals surface area contributed by atoms with E-state index >= 15 is 0 Å². The van der Waals surface area contributed by atoms with Crippen molar-refractivity contribution in [2.24, 2.45) is 5.73 Å². The first kappa shape index (κ1) is 23.5. The third kappa shape index (κ3) is 6.26. The fraction of sp³-hybridized carbons (Fsp3) is 0.733. The van der Waals surface area contributed by atoms with Crippen LogP contribution in [-0.2, 0) is 19.2 Å².